The van der Waals surface area contributed by atoms with Crippen LogP contribution in [-0.4, -0.2) is 51.9 Å². The van der Waals surface area contributed by atoms with Crippen LogP contribution in [0.3, 0.4) is 0 Å². The van der Waals surface area contributed by atoms with Crippen LogP contribution in [0.2, 0.25) is 0 Å². The van der Waals surface area contributed by atoms with E-state index in [4.69, 9.17) is 0 Å². The van der Waals surface area contributed by atoms with E-state index in [1.807, 2.05) is 0 Å². The van der Waals surface area contributed by atoms with Gasteiger partial charge >= 0.3 is 6.18 Å². The van der Waals surface area contributed by atoms with Gasteiger partial charge in [-0.05, 0) is 36.8 Å². The Balaban J connectivity index is 1.59. The zero-order valence-corrected chi connectivity index (χ0v) is 17.0. The number of aromatic nitrogens is 3. The molecule has 30 heavy (non-hydrogen) atoms. The van der Waals surface area contributed by atoms with Crippen molar-refractivity contribution in [2.75, 3.05) is 19.3 Å². The van der Waals surface area contributed by atoms with Crippen LogP contribution in [0.25, 0.3) is 22.3 Å². The Labute approximate surface area is 170 Å². The lowest BCUT2D eigenvalue weighted by molar-refractivity contribution is -0.137. The minimum Gasteiger partial charge on any atom is -0.507 e. The Morgan fingerprint density at radius 1 is 1.23 bits per heavy atom. The van der Waals surface area contributed by atoms with Crippen molar-refractivity contribution in [3.8, 4) is 17.0 Å². The molecule has 7 nitrogen and oxygen atoms in total. The Bertz CT molecular complexity index is 1210. The summed E-state index contributed by atoms with van der Waals surface area (Å²) in [5.41, 5.74) is 0.273. The van der Waals surface area contributed by atoms with Crippen LogP contribution in [-0.2, 0) is 22.7 Å². The van der Waals surface area contributed by atoms with Gasteiger partial charge in [-0.15, -0.1) is 0 Å². The number of benzene rings is 1. The standard InChI is InChI=1S/C19H19F3N4O3S/c1-11-5-14(19(20,21)22)6-16(27)17(11)15-4-3-13-10-25(24-18(13)23-15)7-12-8-26(9-12)30(2,28)29/h3-6,10,12,27H,7-9H2,1-2H3. The van der Waals surface area contributed by atoms with Gasteiger partial charge in [-0.3, -0.25) is 4.68 Å². The first kappa shape index (κ1) is 20.6. The summed E-state index contributed by atoms with van der Waals surface area (Å²) in [6, 6.07) is 5.03. The van der Waals surface area contributed by atoms with Crippen molar-refractivity contribution in [3.63, 3.8) is 0 Å². The summed E-state index contributed by atoms with van der Waals surface area (Å²) in [5.74, 6) is -0.348. The molecule has 1 saturated heterocycles. The van der Waals surface area contributed by atoms with Crippen LogP contribution in [0.15, 0.2) is 30.5 Å². The molecule has 1 aliphatic rings. The number of aromatic hydroxyl groups is 1. The van der Waals surface area contributed by atoms with Crippen molar-refractivity contribution >= 4 is 21.1 Å². The number of sulfonamides is 1. The molecule has 0 saturated carbocycles. The number of phenolic OH excluding ortho intramolecular Hbond substituents is 1. The predicted molar refractivity (Wildman–Crippen MR) is 104 cm³/mol. The average molecular weight is 440 g/mol. The fourth-order valence-electron chi connectivity index (χ4n) is 3.62. The molecule has 2 aromatic heterocycles. The highest BCUT2D eigenvalue weighted by Gasteiger charge is 2.34. The summed E-state index contributed by atoms with van der Waals surface area (Å²) in [6.45, 7) is 2.89. The number of fused-ring (bicyclic) bond motifs is 1. The summed E-state index contributed by atoms with van der Waals surface area (Å²) in [5, 5.41) is 15.3. The van der Waals surface area contributed by atoms with E-state index in [0.29, 0.717) is 37.0 Å². The van der Waals surface area contributed by atoms with Crippen molar-refractivity contribution in [3.05, 3.63) is 41.6 Å². The second kappa shape index (κ2) is 6.95. The maximum atomic E-state index is 12.9. The highest BCUT2D eigenvalue weighted by molar-refractivity contribution is 7.88. The molecule has 0 radical (unpaired) electrons. The van der Waals surface area contributed by atoms with Gasteiger partial charge in [0.2, 0.25) is 10.0 Å². The summed E-state index contributed by atoms with van der Waals surface area (Å²) in [7, 11) is -3.18. The summed E-state index contributed by atoms with van der Waals surface area (Å²) in [6.07, 6.45) is -1.59. The van der Waals surface area contributed by atoms with E-state index >= 15 is 0 Å². The maximum Gasteiger partial charge on any atom is 0.416 e. The number of halogens is 3. The lowest BCUT2D eigenvalue weighted by Crippen LogP contribution is -2.50. The molecule has 1 fully saturated rings. The Morgan fingerprint density at radius 3 is 2.53 bits per heavy atom. The third-order valence-electron chi connectivity index (χ3n) is 5.15. The average Bonchev–Trinajstić information content (AvgIpc) is 2.97. The van der Waals surface area contributed by atoms with Gasteiger partial charge in [0.15, 0.2) is 5.65 Å². The van der Waals surface area contributed by atoms with Crippen LogP contribution in [0, 0.1) is 12.8 Å². The fraction of sp³-hybridized carbons (Fsp3) is 0.368. The van der Waals surface area contributed by atoms with E-state index < -0.39 is 27.5 Å². The third-order valence-corrected chi connectivity index (χ3v) is 6.39. The fourth-order valence-corrected chi connectivity index (χ4v) is 4.59. The highest BCUT2D eigenvalue weighted by Crippen LogP contribution is 2.38. The van der Waals surface area contributed by atoms with Gasteiger partial charge < -0.3 is 5.11 Å². The van der Waals surface area contributed by atoms with Crippen molar-refractivity contribution in [1.29, 1.82) is 0 Å². The van der Waals surface area contributed by atoms with Crippen molar-refractivity contribution < 1.29 is 26.7 Å². The lowest BCUT2D eigenvalue weighted by Gasteiger charge is -2.36. The van der Waals surface area contributed by atoms with Crippen LogP contribution in [0.5, 0.6) is 5.75 Å². The number of rotatable bonds is 4. The first-order valence-electron chi connectivity index (χ1n) is 9.12. The van der Waals surface area contributed by atoms with Gasteiger partial charge in [0.25, 0.3) is 0 Å². The van der Waals surface area contributed by atoms with E-state index in [-0.39, 0.29) is 17.0 Å². The van der Waals surface area contributed by atoms with E-state index in [1.165, 1.54) is 17.5 Å². The van der Waals surface area contributed by atoms with E-state index in [2.05, 4.69) is 10.1 Å². The molecule has 1 aliphatic heterocycles. The molecule has 160 valence electrons. The minimum atomic E-state index is -4.55. The zero-order chi connectivity index (χ0) is 21.8. The topological polar surface area (TPSA) is 88.3 Å². The molecule has 0 amide bonds. The molecular weight excluding hydrogens is 421 g/mol. The van der Waals surface area contributed by atoms with Crippen LogP contribution < -0.4 is 0 Å². The summed E-state index contributed by atoms with van der Waals surface area (Å²) in [4.78, 5) is 4.41. The van der Waals surface area contributed by atoms with Crippen LogP contribution >= 0.6 is 0 Å². The first-order valence-corrected chi connectivity index (χ1v) is 11.0. The Morgan fingerprint density at radius 2 is 1.93 bits per heavy atom. The lowest BCUT2D eigenvalue weighted by atomic mass is 10.00. The van der Waals surface area contributed by atoms with Crippen molar-refractivity contribution in [1.82, 2.24) is 19.1 Å². The second-order valence-electron chi connectivity index (χ2n) is 7.59. The maximum absolute atomic E-state index is 12.9. The molecule has 1 N–H and O–H groups in total. The molecule has 1 aromatic carbocycles. The molecule has 3 heterocycles. The van der Waals surface area contributed by atoms with Crippen LogP contribution in [0.1, 0.15) is 11.1 Å². The Kier molecular flexibility index (Phi) is 4.77. The van der Waals surface area contributed by atoms with Crippen molar-refractivity contribution in [2.45, 2.75) is 19.6 Å². The highest BCUT2D eigenvalue weighted by atomic mass is 32.2. The predicted octanol–water partition coefficient (Wildman–Crippen LogP) is 3.02. The number of aryl methyl sites for hydroxylation is 1. The molecule has 0 spiro atoms. The molecule has 0 bridgehead atoms. The van der Waals surface area contributed by atoms with E-state index in [1.54, 1.807) is 23.0 Å². The number of alkyl halides is 3. The number of hydrogen-bond donors (Lipinski definition) is 1. The van der Waals surface area contributed by atoms with E-state index in [0.717, 1.165) is 11.5 Å². The van der Waals surface area contributed by atoms with Gasteiger partial charge in [-0.1, -0.05) is 0 Å². The largest absolute Gasteiger partial charge is 0.507 e. The van der Waals surface area contributed by atoms with Crippen molar-refractivity contribution in [2.24, 2.45) is 5.92 Å². The van der Waals surface area contributed by atoms with Gasteiger partial charge in [0.1, 0.15) is 5.75 Å². The quantitative estimate of drug-likeness (QED) is 0.674. The van der Waals surface area contributed by atoms with Gasteiger partial charge in [-0.25, -0.2) is 17.7 Å². The van der Waals surface area contributed by atoms with E-state index in [9.17, 15) is 26.7 Å². The summed E-state index contributed by atoms with van der Waals surface area (Å²) < 4.78 is 64.8. The minimum absolute atomic E-state index is 0.148. The third kappa shape index (κ3) is 3.86. The number of phenols is 1. The number of hydrogen-bond acceptors (Lipinski definition) is 5. The van der Waals surface area contributed by atoms with Gasteiger partial charge in [0, 0.05) is 42.7 Å². The van der Waals surface area contributed by atoms with Gasteiger partial charge in [0.05, 0.1) is 17.5 Å². The smallest absolute Gasteiger partial charge is 0.416 e. The number of nitrogens with zero attached hydrogens (tertiary/aromatic N) is 4. The molecule has 0 atom stereocenters. The molecular formula is C19H19F3N4O3S. The van der Waals surface area contributed by atoms with Gasteiger partial charge in [-0.2, -0.15) is 18.3 Å². The molecule has 11 heteroatoms. The molecule has 0 unspecified atom stereocenters. The zero-order valence-electron chi connectivity index (χ0n) is 16.2. The molecule has 0 aliphatic carbocycles. The summed E-state index contributed by atoms with van der Waals surface area (Å²) >= 11 is 0. The number of pyridine rings is 1. The SMILES string of the molecule is Cc1cc(C(F)(F)F)cc(O)c1-c1ccc2cn(CC3CN(S(C)(=O)=O)C3)nc2n1. The normalized spacial score (nSPS) is 16.2. The second-order valence-corrected chi connectivity index (χ2v) is 9.57. The molecule has 3 aromatic rings. The van der Waals surface area contributed by atoms with Crippen LogP contribution in [0.4, 0.5) is 13.2 Å². The molecule has 4 rings (SSSR count). The Hall–Kier alpha value is -2.66. The first-order chi connectivity index (χ1) is 13.9. The monoisotopic (exact) mass is 440 g/mol.